The standard InChI is InChI=1S/C23H30FN3O3/c1-15-5-7-19(26(14-15)22(28)30-23(2,3)4)16-6-8-20-17(11-16)13-25-27(20)21-12-18(24)9-10-29-21/h6-8,11,13,15,18,21H,5,9-10,12,14H2,1-4H3. The van der Waals surface area contributed by atoms with E-state index in [1.165, 1.54) is 0 Å². The van der Waals surface area contributed by atoms with Gasteiger partial charge in [-0.15, -0.1) is 0 Å². The molecule has 3 unspecified atom stereocenters. The van der Waals surface area contributed by atoms with E-state index in [-0.39, 0.29) is 12.3 Å². The third-order valence-electron chi connectivity index (χ3n) is 5.48. The highest BCUT2D eigenvalue weighted by atomic mass is 19.1. The Balaban J connectivity index is 1.63. The van der Waals surface area contributed by atoms with E-state index in [1.54, 1.807) is 15.8 Å². The second-order valence-electron chi connectivity index (χ2n) is 9.33. The number of fused-ring (bicyclic) bond motifs is 1. The lowest BCUT2D eigenvalue weighted by Crippen LogP contribution is -2.39. The Bertz CT molecular complexity index is 962. The topological polar surface area (TPSA) is 56.6 Å². The molecule has 30 heavy (non-hydrogen) atoms. The Morgan fingerprint density at radius 1 is 1.33 bits per heavy atom. The van der Waals surface area contributed by atoms with Crippen molar-refractivity contribution in [3.05, 3.63) is 36.0 Å². The van der Waals surface area contributed by atoms with Crippen LogP contribution in [0.5, 0.6) is 0 Å². The summed E-state index contributed by atoms with van der Waals surface area (Å²) in [4.78, 5) is 14.6. The average molecular weight is 416 g/mol. The predicted molar refractivity (Wildman–Crippen MR) is 114 cm³/mol. The highest BCUT2D eigenvalue weighted by Crippen LogP contribution is 2.33. The van der Waals surface area contributed by atoms with Crippen LogP contribution in [-0.4, -0.2) is 45.7 Å². The number of amides is 1. The Kier molecular flexibility index (Phi) is 5.57. The van der Waals surface area contributed by atoms with Crippen LogP contribution < -0.4 is 0 Å². The molecule has 6 nitrogen and oxygen atoms in total. The van der Waals surface area contributed by atoms with Crippen LogP contribution in [0.15, 0.2) is 30.5 Å². The minimum Gasteiger partial charge on any atom is -0.443 e. The van der Waals surface area contributed by atoms with Gasteiger partial charge in [0.2, 0.25) is 0 Å². The maximum atomic E-state index is 13.8. The molecule has 0 radical (unpaired) electrons. The molecule has 162 valence electrons. The van der Waals surface area contributed by atoms with Gasteiger partial charge in [-0.05, 0) is 50.8 Å². The lowest BCUT2D eigenvalue weighted by atomic mass is 9.98. The maximum absolute atomic E-state index is 13.8. The molecule has 3 heterocycles. The third-order valence-corrected chi connectivity index (χ3v) is 5.48. The molecule has 3 atom stereocenters. The van der Waals surface area contributed by atoms with Crippen molar-refractivity contribution < 1.29 is 18.7 Å². The number of hydrogen-bond donors (Lipinski definition) is 0. The van der Waals surface area contributed by atoms with E-state index >= 15 is 0 Å². The van der Waals surface area contributed by atoms with Gasteiger partial charge in [0.15, 0.2) is 6.23 Å². The molecular formula is C23H30FN3O3. The fraction of sp³-hybridized carbons (Fsp3) is 0.565. The van der Waals surface area contributed by atoms with Crippen molar-refractivity contribution in [2.75, 3.05) is 13.2 Å². The highest BCUT2D eigenvalue weighted by molar-refractivity contribution is 5.87. The summed E-state index contributed by atoms with van der Waals surface area (Å²) < 4.78 is 26.9. The zero-order chi connectivity index (χ0) is 21.5. The zero-order valence-electron chi connectivity index (χ0n) is 18.1. The number of halogens is 1. The summed E-state index contributed by atoms with van der Waals surface area (Å²) >= 11 is 0. The van der Waals surface area contributed by atoms with Gasteiger partial charge in [-0.1, -0.05) is 19.1 Å². The molecule has 2 aromatic rings. The summed E-state index contributed by atoms with van der Waals surface area (Å²) in [7, 11) is 0. The van der Waals surface area contributed by atoms with E-state index in [1.807, 2.05) is 39.0 Å². The molecule has 2 aliphatic heterocycles. The third kappa shape index (κ3) is 4.36. The Morgan fingerprint density at radius 2 is 2.13 bits per heavy atom. The van der Waals surface area contributed by atoms with Crippen molar-refractivity contribution in [2.45, 2.75) is 65.0 Å². The van der Waals surface area contributed by atoms with Crippen molar-refractivity contribution in [2.24, 2.45) is 5.92 Å². The molecule has 0 aliphatic carbocycles. The first kappa shape index (κ1) is 20.8. The lowest BCUT2D eigenvalue weighted by molar-refractivity contribution is -0.0642. The van der Waals surface area contributed by atoms with Crippen LogP contribution >= 0.6 is 0 Å². The number of benzene rings is 1. The molecule has 0 bridgehead atoms. The number of rotatable bonds is 2. The maximum Gasteiger partial charge on any atom is 0.414 e. The van der Waals surface area contributed by atoms with Crippen LogP contribution in [0.3, 0.4) is 0 Å². The summed E-state index contributed by atoms with van der Waals surface area (Å²) in [6.07, 6.45) is 3.95. The summed E-state index contributed by atoms with van der Waals surface area (Å²) in [5.74, 6) is 0.366. The van der Waals surface area contributed by atoms with Gasteiger partial charge in [-0.3, -0.25) is 4.90 Å². The van der Waals surface area contributed by atoms with Crippen LogP contribution in [-0.2, 0) is 9.47 Å². The molecule has 0 spiro atoms. The van der Waals surface area contributed by atoms with Crippen LogP contribution in [0.25, 0.3) is 16.6 Å². The molecule has 7 heteroatoms. The number of ether oxygens (including phenoxy) is 2. The molecule has 1 saturated heterocycles. The van der Waals surface area contributed by atoms with Gasteiger partial charge in [-0.25, -0.2) is 13.9 Å². The molecule has 0 N–H and O–H groups in total. The van der Waals surface area contributed by atoms with E-state index in [0.717, 1.165) is 28.6 Å². The first-order valence-electron chi connectivity index (χ1n) is 10.7. The minimum absolute atomic E-state index is 0.313. The number of nitrogens with zero attached hydrogens (tertiary/aromatic N) is 3. The number of carbonyl (C=O) groups is 1. The van der Waals surface area contributed by atoms with Gasteiger partial charge < -0.3 is 9.47 Å². The smallest absolute Gasteiger partial charge is 0.414 e. The van der Waals surface area contributed by atoms with Crippen molar-refractivity contribution in [1.29, 1.82) is 0 Å². The molecule has 2 aliphatic rings. The molecular weight excluding hydrogens is 385 g/mol. The highest BCUT2D eigenvalue weighted by Gasteiger charge is 2.30. The first-order chi connectivity index (χ1) is 14.2. The quantitative estimate of drug-likeness (QED) is 0.668. The number of hydrogen-bond acceptors (Lipinski definition) is 4. The first-order valence-corrected chi connectivity index (χ1v) is 10.7. The number of aromatic nitrogens is 2. The fourth-order valence-corrected chi connectivity index (χ4v) is 4.02. The van der Waals surface area contributed by atoms with E-state index in [0.29, 0.717) is 31.9 Å². The Hall–Kier alpha value is -2.41. The van der Waals surface area contributed by atoms with Gasteiger partial charge in [0.1, 0.15) is 11.8 Å². The van der Waals surface area contributed by atoms with Gasteiger partial charge in [0.05, 0.1) is 24.0 Å². The monoisotopic (exact) mass is 415 g/mol. The predicted octanol–water partition coefficient (Wildman–Crippen LogP) is 5.30. The number of allylic oxidation sites excluding steroid dienone is 1. The molecule has 1 amide bonds. The SMILES string of the molecule is CC1CC=C(c2ccc3c(cnn3C3CC(F)CCO3)c2)N(C(=O)OC(C)(C)C)C1. The van der Waals surface area contributed by atoms with E-state index in [2.05, 4.69) is 18.1 Å². The summed E-state index contributed by atoms with van der Waals surface area (Å²) in [6, 6.07) is 5.97. The van der Waals surface area contributed by atoms with Crippen LogP contribution in [0.1, 0.15) is 58.7 Å². The van der Waals surface area contributed by atoms with Crippen molar-refractivity contribution in [3.8, 4) is 0 Å². The zero-order valence-corrected chi connectivity index (χ0v) is 18.1. The Morgan fingerprint density at radius 3 is 2.87 bits per heavy atom. The molecule has 1 aromatic heterocycles. The Labute approximate surface area is 176 Å². The normalized spacial score (nSPS) is 25.3. The molecule has 1 aromatic carbocycles. The van der Waals surface area contributed by atoms with E-state index in [4.69, 9.17) is 9.47 Å². The molecule has 0 saturated carbocycles. The summed E-state index contributed by atoms with van der Waals surface area (Å²) in [5, 5.41) is 5.39. The number of alkyl halides is 1. The minimum atomic E-state index is -0.862. The van der Waals surface area contributed by atoms with E-state index in [9.17, 15) is 9.18 Å². The summed E-state index contributed by atoms with van der Waals surface area (Å²) in [6.45, 7) is 8.76. The van der Waals surface area contributed by atoms with Gasteiger partial charge in [0, 0.05) is 24.8 Å². The van der Waals surface area contributed by atoms with Gasteiger partial charge in [-0.2, -0.15) is 5.10 Å². The lowest BCUT2D eigenvalue weighted by Gasteiger charge is -2.34. The van der Waals surface area contributed by atoms with Crippen LogP contribution in [0.4, 0.5) is 9.18 Å². The second-order valence-corrected chi connectivity index (χ2v) is 9.33. The van der Waals surface area contributed by atoms with Crippen LogP contribution in [0.2, 0.25) is 0 Å². The molecule has 4 rings (SSSR count). The largest absolute Gasteiger partial charge is 0.443 e. The van der Waals surface area contributed by atoms with Gasteiger partial charge in [0.25, 0.3) is 0 Å². The second kappa shape index (κ2) is 8.02. The summed E-state index contributed by atoms with van der Waals surface area (Å²) in [5.41, 5.74) is 2.14. The van der Waals surface area contributed by atoms with Crippen LogP contribution in [0, 0.1) is 5.92 Å². The average Bonchev–Trinajstić information content (AvgIpc) is 3.10. The van der Waals surface area contributed by atoms with Crippen molar-refractivity contribution in [3.63, 3.8) is 0 Å². The number of carbonyl (C=O) groups excluding carboxylic acids is 1. The van der Waals surface area contributed by atoms with Gasteiger partial charge >= 0.3 is 6.09 Å². The van der Waals surface area contributed by atoms with Crippen molar-refractivity contribution in [1.82, 2.24) is 14.7 Å². The van der Waals surface area contributed by atoms with Crippen molar-refractivity contribution >= 4 is 22.7 Å². The fourth-order valence-electron chi connectivity index (χ4n) is 4.02. The molecule has 1 fully saturated rings. The van der Waals surface area contributed by atoms with E-state index < -0.39 is 11.8 Å².